The highest BCUT2D eigenvalue weighted by Crippen LogP contribution is 2.32. The SMILES string of the molecule is COc1cccc(CN[C@@H]2CC(=O)N(C)[C@H]2c2cccnc2)c1F. The first-order valence-corrected chi connectivity index (χ1v) is 7.82. The maximum atomic E-state index is 14.3. The van der Waals surface area contributed by atoms with Gasteiger partial charge in [-0.05, 0) is 17.7 Å². The van der Waals surface area contributed by atoms with Gasteiger partial charge in [0.05, 0.1) is 13.2 Å². The molecule has 3 rings (SSSR count). The minimum atomic E-state index is -0.372. The largest absolute Gasteiger partial charge is 0.494 e. The van der Waals surface area contributed by atoms with Gasteiger partial charge in [-0.2, -0.15) is 0 Å². The van der Waals surface area contributed by atoms with Crippen molar-refractivity contribution in [3.05, 3.63) is 59.7 Å². The number of hydrogen-bond acceptors (Lipinski definition) is 4. The molecule has 0 aliphatic carbocycles. The van der Waals surface area contributed by atoms with Gasteiger partial charge in [-0.25, -0.2) is 4.39 Å². The van der Waals surface area contributed by atoms with E-state index >= 15 is 0 Å². The standard InChI is InChI=1S/C18H20FN3O2/c1-22-16(23)9-14(18(22)13-6-4-8-20-10-13)21-11-12-5-3-7-15(24-2)17(12)19/h3-8,10,14,18,21H,9,11H2,1-2H3/t14-,18+/m1/s1. The fraction of sp³-hybridized carbons (Fsp3) is 0.333. The van der Waals surface area contributed by atoms with Crippen LogP contribution in [0.15, 0.2) is 42.7 Å². The van der Waals surface area contributed by atoms with E-state index in [-0.39, 0.29) is 29.6 Å². The molecule has 0 saturated carbocycles. The third kappa shape index (κ3) is 3.10. The number of rotatable bonds is 5. The molecule has 2 aromatic rings. The molecule has 0 bridgehead atoms. The zero-order valence-corrected chi connectivity index (χ0v) is 13.7. The van der Waals surface area contributed by atoms with Crippen LogP contribution in [-0.2, 0) is 11.3 Å². The molecule has 0 radical (unpaired) electrons. The summed E-state index contributed by atoms with van der Waals surface area (Å²) in [5.41, 5.74) is 1.48. The summed E-state index contributed by atoms with van der Waals surface area (Å²) >= 11 is 0. The number of benzene rings is 1. The fourth-order valence-corrected chi connectivity index (χ4v) is 3.15. The van der Waals surface area contributed by atoms with Gasteiger partial charge >= 0.3 is 0 Å². The van der Waals surface area contributed by atoms with E-state index in [2.05, 4.69) is 10.3 Å². The van der Waals surface area contributed by atoms with E-state index in [1.54, 1.807) is 42.5 Å². The van der Waals surface area contributed by atoms with Crippen LogP contribution >= 0.6 is 0 Å². The second-order valence-corrected chi connectivity index (χ2v) is 5.86. The third-order valence-corrected chi connectivity index (χ3v) is 4.43. The van der Waals surface area contributed by atoms with Crippen LogP contribution in [0.3, 0.4) is 0 Å². The van der Waals surface area contributed by atoms with Gasteiger partial charge in [0.2, 0.25) is 5.91 Å². The van der Waals surface area contributed by atoms with E-state index in [0.717, 1.165) is 5.56 Å². The van der Waals surface area contributed by atoms with Crippen LogP contribution in [0.2, 0.25) is 0 Å². The van der Waals surface area contributed by atoms with Crippen molar-refractivity contribution in [1.82, 2.24) is 15.2 Å². The summed E-state index contributed by atoms with van der Waals surface area (Å²) in [5, 5.41) is 3.31. The molecule has 1 aromatic heterocycles. The Morgan fingerprint density at radius 2 is 2.21 bits per heavy atom. The van der Waals surface area contributed by atoms with Crippen molar-refractivity contribution in [2.45, 2.75) is 25.0 Å². The second kappa shape index (κ2) is 6.97. The molecule has 6 heteroatoms. The summed E-state index contributed by atoms with van der Waals surface area (Å²) in [6.45, 7) is 0.325. The van der Waals surface area contributed by atoms with Gasteiger partial charge in [0.25, 0.3) is 0 Å². The maximum absolute atomic E-state index is 14.3. The van der Waals surface area contributed by atoms with Crippen molar-refractivity contribution in [1.29, 1.82) is 0 Å². The van der Waals surface area contributed by atoms with E-state index in [0.29, 0.717) is 18.5 Å². The van der Waals surface area contributed by atoms with E-state index in [1.807, 2.05) is 12.1 Å². The summed E-state index contributed by atoms with van der Waals surface area (Å²) in [6.07, 6.45) is 3.84. The number of ether oxygens (including phenoxy) is 1. The number of pyridine rings is 1. The lowest BCUT2D eigenvalue weighted by Crippen LogP contribution is -2.35. The van der Waals surface area contributed by atoms with Gasteiger partial charge in [0.1, 0.15) is 0 Å². The highest BCUT2D eigenvalue weighted by Gasteiger charge is 2.38. The lowest BCUT2D eigenvalue weighted by molar-refractivity contribution is -0.127. The highest BCUT2D eigenvalue weighted by atomic mass is 19.1. The van der Waals surface area contributed by atoms with Gasteiger partial charge in [0.15, 0.2) is 11.6 Å². The molecule has 0 spiro atoms. The van der Waals surface area contributed by atoms with Crippen LogP contribution < -0.4 is 10.1 Å². The molecule has 1 aliphatic heterocycles. The van der Waals surface area contributed by atoms with Crippen LogP contribution in [0.5, 0.6) is 5.75 Å². The minimum Gasteiger partial charge on any atom is -0.494 e. The number of likely N-dealkylation sites (N-methyl/N-ethyl adjacent to an activating group) is 1. The number of nitrogens with one attached hydrogen (secondary N) is 1. The van der Waals surface area contributed by atoms with Crippen molar-refractivity contribution in [2.24, 2.45) is 0 Å². The molecule has 1 fully saturated rings. The summed E-state index contributed by atoms with van der Waals surface area (Å²) in [6, 6.07) is 8.65. The lowest BCUT2D eigenvalue weighted by atomic mass is 10.0. The van der Waals surface area contributed by atoms with E-state index in [4.69, 9.17) is 4.74 Å². The number of aromatic nitrogens is 1. The normalized spacial score (nSPS) is 20.5. The molecule has 1 N–H and O–H groups in total. The molecule has 0 unspecified atom stereocenters. The number of halogens is 1. The monoisotopic (exact) mass is 329 g/mol. The molecular weight excluding hydrogens is 309 g/mol. The van der Waals surface area contributed by atoms with Crippen LogP contribution in [0.4, 0.5) is 4.39 Å². The van der Waals surface area contributed by atoms with Crippen LogP contribution in [0.25, 0.3) is 0 Å². The second-order valence-electron chi connectivity index (χ2n) is 5.86. The van der Waals surface area contributed by atoms with E-state index < -0.39 is 0 Å². The number of carbonyl (C=O) groups excluding carboxylic acids is 1. The summed E-state index contributed by atoms with van der Waals surface area (Å²) in [4.78, 5) is 18.0. The lowest BCUT2D eigenvalue weighted by Gasteiger charge is -2.26. The summed E-state index contributed by atoms with van der Waals surface area (Å²) in [7, 11) is 3.23. The van der Waals surface area contributed by atoms with E-state index in [1.165, 1.54) is 7.11 Å². The zero-order chi connectivity index (χ0) is 17.1. The molecule has 126 valence electrons. The molecule has 5 nitrogen and oxygen atoms in total. The fourth-order valence-electron chi connectivity index (χ4n) is 3.15. The van der Waals surface area contributed by atoms with Gasteiger partial charge < -0.3 is 15.0 Å². The predicted octanol–water partition coefficient (Wildman–Crippen LogP) is 2.29. The van der Waals surface area contributed by atoms with Crippen molar-refractivity contribution in [3.63, 3.8) is 0 Å². The van der Waals surface area contributed by atoms with Crippen molar-refractivity contribution in [2.75, 3.05) is 14.2 Å². The smallest absolute Gasteiger partial charge is 0.224 e. The quantitative estimate of drug-likeness (QED) is 0.914. The molecule has 24 heavy (non-hydrogen) atoms. The Kier molecular flexibility index (Phi) is 4.76. The third-order valence-electron chi connectivity index (χ3n) is 4.43. The van der Waals surface area contributed by atoms with Crippen LogP contribution in [0.1, 0.15) is 23.6 Å². The molecule has 1 aliphatic rings. The Morgan fingerprint density at radius 1 is 1.38 bits per heavy atom. The Bertz CT molecular complexity index is 723. The van der Waals surface area contributed by atoms with Gasteiger partial charge in [-0.3, -0.25) is 9.78 Å². The summed E-state index contributed by atoms with van der Waals surface area (Å²) < 4.78 is 19.3. The number of likely N-dealkylation sites (tertiary alicyclic amines) is 1. The van der Waals surface area contributed by atoms with E-state index in [9.17, 15) is 9.18 Å². The van der Waals surface area contributed by atoms with Gasteiger partial charge in [-0.15, -0.1) is 0 Å². The number of hydrogen-bond donors (Lipinski definition) is 1. The topological polar surface area (TPSA) is 54.5 Å². The Balaban J connectivity index is 1.77. The maximum Gasteiger partial charge on any atom is 0.224 e. The summed E-state index contributed by atoms with van der Waals surface area (Å²) in [5.74, 6) is -0.0895. The Morgan fingerprint density at radius 3 is 2.92 bits per heavy atom. The van der Waals surface area contributed by atoms with Crippen LogP contribution in [0, 0.1) is 5.82 Å². The first kappa shape index (κ1) is 16.4. The molecule has 2 heterocycles. The Hall–Kier alpha value is -2.47. The average Bonchev–Trinajstić information content (AvgIpc) is 2.89. The number of methoxy groups -OCH3 is 1. The highest BCUT2D eigenvalue weighted by molar-refractivity contribution is 5.80. The molecular formula is C18H20FN3O2. The zero-order valence-electron chi connectivity index (χ0n) is 13.7. The van der Waals surface area contributed by atoms with Crippen molar-refractivity contribution in [3.8, 4) is 5.75 Å². The average molecular weight is 329 g/mol. The van der Waals surface area contributed by atoms with Gasteiger partial charge in [-0.1, -0.05) is 18.2 Å². The number of carbonyl (C=O) groups is 1. The number of amides is 1. The molecule has 2 atom stereocenters. The molecule has 1 amide bonds. The van der Waals surface area contributed by atoms with Gasteiger partial charge in [0, 0.05) is 44.0 Å². The van der Waals surface area contributed by atoms with Crippen LogP contribution in [-0.4, -0.2) is 36.0 Å². The molecule has 1 aromatic carbocycles. The predicted molar refractivity (Wildman–Crippen MR) is 87.9 cm³/mol. The molecule has 1 saturated heterocycles. The first-order chi connectivity index (χ1) is 11.6. The minimum absolute atomic E-state index is 0.0625. The first-order valence-electron chi connectivity index (χ1n) is 7.82. The number of nitrogens with zero attached hydrogens (tertiary/aromatic N) is 2. The van der Waals surface area contributed by atoms with Crippen molar-refractivity contribution >= 4 is 5.91 Å². The Labute approximate surface area is 140 Å². The van der Waals surface area contributed by atoms with Crippen molar-refractivity contribution < 1.29 is 13.9 Å².